The van der Waals surface area contributed by atoms with E-state index in [1.54, 1.807) is 0 Å². The lowest BCUT2D eigenvalue weighted by atomic mass is 9.73. The molecule has 0 aliphatic carbocycles. The fourth-order valence-corrected chi connectivity index (χ4v) is 10.5. The molecule has 0 radical (unpaired) electrons. The van der Waals surface area contributed by atoms with Gasteiger partial charge in [-0.25, -0.2) is 9.97 Å². The molecule has 0 amide bonds. The first-order chi connectivity index (χ1) is 28.0. The minimum atomic E-state index is -0.131. The highest BCUT2D eigenvalue weighted by Crippen LogP contribution is 2.55. The van der Waals surface area contributed by atoms with E-state index in [9.17, 15) is 0 Å². The summed E-state index contributed by atoms with van der Waals surface area (Å²) in [6.45, 7) is 18.4. The molecule has 0 fully saturated rings. The molecular formula is C54H52N4. The number of fused-ring (bicyclic) bond motifs is 10. The summed E-state index contributed by atoms with van der Waals surface area (Å²) in [5.74, 6) is 0. The van der Waals surface area contributed by atoms with Gasteiger partial charge in [0.1, 0.15) is 0 Å². The SMILES string of the molecule is CCCc1nc2c3cc(N4c5ccccc5C(C)(C)c5ccccc54)cc(CCC)c3c3c(C)cc(N4c5ccccc5C(C)(C)c5ccccc54)cc3c2nc1C. The second kappa shape index (κ2) is 13.3. The molecule has 1 aromatic heterocycles. The van der Waals surface area contributed by atoms with Crippen molar-refractivity contribution in [2.75, 3.05) is 9.80 Å². The van der Waals surface area contributed by atoms with Gasteiger partial charge in [-0.05, 0) is 119 Å². The average molecular weight is 757 g/mol. The molecule has 0 saturated heterocycles. The van der Waals surface area contributed by atoms with E-state index in [4.69, 9.17) is 9.97 Å². The molecule has 2 aliphatic heterocycles. The van der Waals surface area contributed by atoms with E-state index >= 15 is 0 Å². The van der Waals surface area contributed by atoms with Gasteiger partial charge in [0, 0.05) is 33.0 Å². The van der Waals surface area contributed by atoms with Gasteiger partial charge in [0.05, 0.1) is 45.2 Å². The van der Waals surface area contributed by atoms with E-state index in [0.29, 0.717) is 0 Å². The van der Waals surface area contributed by atoms with Crippen LogP contribution in [0.2, 0.25) is 0 Å². The second-order valence-electron chi connectivity index (χ2n) is 17.7. The summed E-state index contributed by atoms with van der Waals surface area (Å²) < 4.78 is 0. The largest absolute Gasteiger partial charge is 0.310 e. The molecule has 8 aromatic rings. The minimum absolute atomic E-state index is 0.130. The maximum absolute atomic E-state index is 5.61. The number of hydrogen-bond acceptors (Lipinski definition) is 4. The number of aryl methyl sites for hydroxylation is 4. The van der Waals surface area contributed by atoms with E-state index in [1.165, 1.54) is 78.0 Å². The molecule has 0 saturated carbocycles. The maximum atomic E-state index is 5.61. The number of para-hydroxylation sites is 4. The molecule has 0 unspecified atom stereocenters. The van der Waals surface area contributed by atoms with Crippen LogP contribution >= 0.6 is 0 Å². The molecule has 288 valence electrons. The molecule has 0 atom stereocenters. The molecule has 4 nitrogen and oxygen atoms in total. The number of benzene rings is 7. The zero-order valence-electron chi connectivity index (χ0n) is 35.2. The molecule has 7 aromatic carbocycles. The van der Waals surface area contributed by atoms with Crippen molar-refractivity contribution in [3.05, 3.63) is 166 Å². The van der Waals surface area contributed by atoms with Gasteiger partial charge in [-0.15, -0.1) is 0 Å². The Balaban J connectivity index is 1.31. The summed E-state index contributed by atoms with van der Waals surface area (Å²) in [7, 11) is 0. The Labute approximate surface area is 343 Å². The Morgan fingerprint density at radius 2 is 0.897 bits per heavy atom. The van der Waals surface area contributed by atoms with Crippen molar-refractivity contribution in [1.29, 1.82) is 0 Å². The smallest absolute Gasteiger partial charge is 0.0976 e. The topological polar surface area (TPSA) is 32.3 Å². The third-order valence-electron chi connectivity index (χ3n) is 13.2. The molecule has 0 bridgehead atoms. The average Bonchev–Trinajstić information content (AvgIpc) is 3.22. The Hall–Kier alpha value is -6.00. The molecule has 3 heterocycles. The molecule has 10 rings (SSSR count). The van der Waals surface area contributed by atoms with Gasteiger partial charge in [0.25, 0.3) is 0 Å². The van der Waals surface area contributed by atoms with Crippen molar-refractivity contribution in [3.63, 3.8) is 0 Å². The zero-order valence-corrected chi connectivity index (χ0v) is 35.2. The molecule has 4 heteroatoms. The van der Waals surface area contributed by atoms with Crippen molar-refractivity contribution < 1.29 is 0 Å². The van der Waals surface area contributed by atoms with Crippen molar-refractivity contribution in [2.45, 2.75) is 91.9 Å². The Morgan fingerprint density at radius 1 is 0.483 bits per heavy atom. The first-order valence-electron chi connectivity index (χ1n) is 21.2. The van der Waals surface area contributed by atoms with E-state index in [0.717, 1.165) is 59.2 Å². The van der Waals surface area contributed by atoms with Gasteiger partial charge in [-0.2, -0.15) is 0 Å². The monoisotopic (exact) mass is 756 g/mol. The van der Waals surface area contributed by atoms with Crippen LogP contribution in [0.25, 0.3) is 32.6 Å². The first-order valence-corrected chi connectivity index (χ1v) is 21.2. The Kier molecular flexibility index (Phi) is 8.32. The van der Waals surface area contributed by atoms with Crippen molar-refractivity contribution in [1.82, 2.24) is 9.97 Å². The number of anilines is 6. The van der Waals surface area contributed by atoms with E-state index < -0.39 is 0 Å². The quantitative estimate of drug-likeness (QED) is 0.158. The van der Waals surface area contributed by atoms with Gasteiger partial charge in [-0.1, -0.05) is 127 Å². The van der Waals surface area contributed by atoms with Crippen LogP contribution in [-0.4, -0.2) is 9.97 Å². The third kappa shape index (κ3) is 5.20. The van der Waals surface area contributed by atoms with Crippen LogP contribution in [0.3, 0.4) is 0 Å². The van der Waals surface area contributed by atoms with Gasteiger partial charge < -0.3 is 9.80 Å². The van der Waals surface area contributed by atoms with E-state index in [1.807, 2.05) is 0 Å². The summed E-state index contributed by atoms with van der Waals surface area (Å²) in [5, 5.41) is 4.92. The van der Waals surface area contributed by atoms with Gasteiger partial charge >= 0.3 is 0 Å². The lowest BCUT2D eigenvalue weighted by Gasteiger charge is -2.42. The molecular weight excluding hydrogens is 705 g/mol. The first kappa shape index (κ1) is 36.3. The Morgan fingerprint density at radius 3 is 1.36 bits per heavy atom. The van der Waals surface area contributed by atoms with E-state index in [-0.39, 0.29) is 10.8 Å². The van der Waals surface area contributed by atoms with E-state index in [2.05, 4.69) is 187 Å². The predicted octanol–water partition coefficient (Wildman–Crippen LogP) is 14.7. The highest BCUT2D eigenvalue weighted by Gasteiger charge is 2.38. The molecule has 2 aliphatic rings. The fourth-order valence-electron chi connectivity index (χ4n) is 10.5. The second-order valence-corrected chi connectivity index (χ2v) is 17.7. The van der Waals surface area contributed by atoms with Crippen LogP contribution in [0.5, 0.6) is 0 Å². The van der Waals surface area contributed by atoms with Gasteiger partial charge in [0.15, 0.2) is 0 Å². The van der Waals surface area contributed by atoms with Crippen molar-refractivity contribution >= 4 is 66.7 Å². The van der Waals surface area contributed by atoms with Crippen LogP contribution in [0.4, 0.5) is 34.1 Å². The van der Waals surface area contributed by atoms with Gasteiger partial charge in [0.2, 0.25) is 0 Å². The summed E-state index contributed by atoms with van der Waals surface area (Å²) in [4.78, 5) is 16.1. The molecule has 58 heavy (non-hydrogen) atoms. The zero-order chi connectivity index (χ0) is 40.1. The molecule has 0 N–H and O–H groups in total. The third-order valence-corrected chi connectivity index (χ3v) is 13.2. The number of hydrogen-bond donors (Lipinski definition) is 0. The van der Waals surface area contributed by atoms with Crippen LogP contribution in [0.15, 0.2) is 121 Å². The summed E-state index contributed by atoms with van der Waals surface area (Å²) in [6.07, 6.45) is 3.91. The maximum Gasteiger partial charge on any atom is 0.0976 e. The Bertz CT molecular complexity index is 2870. The summed E-state index contributed by atoms with van der Waals surface area (Å²) in [6, 6.07) is 45.5. The predicted molar refractivity (Wildman–Crippen MR) is 246 cm³/mol. The van der Waals surface area contributed by atoms with Crippen LogP contribution in [0, 0.1) is 13.8 Å². The number of rotatable bonds is 6. The van der Waals surface area contributed by atoms with Crippen LogP contribution in [0.1, 0.15) is 99.2 Å². The van der Waals surface area contributed by atoms with Crippen molar-refractivity contribution in [2.24, 2.45) is 0 Å². The summed E-state index contributed by atoms with van der Waals surface area (Å²) in [5.41, 5.74) is 19.0. The highest BCUT2D eigenvalue weighted by molar-refractivity contribution is 6.26. The van der Waals surface area contributed by atoms with Crippen molar-refractivity contribution in [3.8, 4) is 0 Å². The number of nitrogens with zero attached hydrogens (tertiary/aromatic N) is 4. The molecule has 0 spiro atoms. The fraction of sp³-hybridized carbons (Fsp3) is 0.259. The lowest BCUT2D eigenvalue weighted by Crippen LogP contribution is -2.30. The van der Waals surface area contributed by atoms with Crippen LogP contribution < -0.4 is 9.80 Å². The lowest BCUT2D eigenvalue weighted by molar-refractivity contribution is 0.631. The minimum Gasteiger partial charge on any atom is -0.310 e. The standard InChI is InChI=1S/C54H52N4/c1-9-19-35-30-37(58-47-27-17-13-23-42(47)54(7,8)43-24-14-18-28-48(43)58)32-39-50(35)49-33(3)29-36(31-38(49)51-52(39)56-44(20-10-2)34(4)55-51)57-45-25-15-11-21-40(45)53(5,6)41-22-12-16-26-46(41)57/h11-18,21-32H,9-10,19-20H2,1-8H3. The van der Waals surface area contributed by atoms with Crippen LogP contribution in [-0.2, 0) is 23.7 Å². The van der Waals surface area contributed by atoms with Gasteiger partial charge in [-0.3, -0.25) is 0 Å². The summed E-state index contributed by atoms with van der Waals surface area (Å²) >= 11 is 0. The highest BCUT2D eigenvalue weighted by atomic mass is 15.2. The normalized spacial score (nSPS) is 15.0. The number of aromatic nitrogens is 2.